The molecule has 33 heavy (non-hydrogen) atoms. The van der Waals surface area contributed by atoms with E-state index < -0.39 is 17.6 Å². The summed E-state index contributed by atoms with van der Waals surface area (Å²) in [5.74, 6) is -2.09. The molecule has 0 spiro atoms. The molecule has 0 aliphatic heterocycles. The molecule has 0 aliphatic carbocycles. The minimum atomic E-state index is -0.624. The number of hydrogen-bond acceptors (Lipinski definition) is 4. The summed E-state index contributed by atoms with van der Waals surface area (Å²) in [6, 6.07) is 2.99. The van der Waals surface area contributed by atoms with Crippen LogP contribution < -0.4 is 0 Å². The van der Waals surface area contributed by atoms with E-state index in [0.29, 0.717) is 13.0 Å². The largest absolute Gasteiger partial charge is 0.466 e. The summed E-state index contributed by atoms with van der Waals surface area (Å²) < 4.78 is 36.7. The van der Waals surface area contributed by atoms with E-state index in [1.807, 2.05) is 0 Å². The van der Waals surface area contributed by atoms with Gasteiger partial charge in [0.15, 0.2) is 0 Å². The number of hydrogen-bond donors (Lipinski definition) is 0. The first kappa shape index (κ1) is 29.1. The van der Waals surface area contributed by atoms with Crippen LogP contribution in [0.4, 0.5) is 8.78 Å². The van der Waals surface area contributed by atoms with Gasteiger partial charge in [0.1, 0.15) is 18.2 Å². The van der Waals surface area contributed by atoms with Crippen LogP contribution in [-0.2, 0) is 25.7 Å². The van der Waals surface area contributed by atoms with Crippen LogP contribution >= 0.6 is 0 Å². The second kappa shape index (κ2) is 19.5. The maximum Gasteiger partial charge on any atom is 0.306 e. The molecule has 0 heterocycles. The molecule has 1 rings (SSSR count). The lowest BCUT2D eigenvalue weighted by Crippen LogP contribution is -2.09. The highest BCUT2D eigenvalue weighted by molar-refractivity contribution is 5.72. The Morgan fingerprint density at radius 2 is 1.21 bits per heavy atom. The second-order valence-corrected chi connectivity index (χ2v) is 8.71. The van der Waals surface area contributed by atoms with Gasteiger partial charge in [-0.2, -0.15) is 0 Å². The summed E-state index contributed by atoms with van der Waals surface area (Å²) in [7, 11) is 0. The molecule has 0 aromatic heterocycles. The van der Waals surface area contributed by atoms with E-state index in [0.717, 1.165) is 31.0 Å². The molecule has 0 amide bonds. The SMILES string of the molecule is CCCCCCCCCCCCCCCOC(=O)CCCC(=O)OCc1cc(F)ccc1F. The first-order valence-electron chi connectivity index (χ1n) is 12.8. The molecule has 0 radical (unpaired) electrons. The fraction of sp³-hybridized carbons (Fsp3) is 0.704. The molecule has 4 nitrogen and oxygen atoms in total. The van der Waals surface area contributed by atoms with Gasteiger partial charge in [0, 0.05) is 18.4 Å². The van der Waals surface area contributed by atoms with Gasteiger partial charge < -0.3 is 9.47 Å². The number of carbonyl (C=O) groups excluding carboxylic acids is 2. The quantitative estimate of drug-likeness (QED) is 0.145. The number of ether oxygens (including phenoxy) is 2. The molecular formula is C27H42F2O4. The molecule has 0 aliphatic rings. The summed E-state index contributed by atoms with van der Waals surface area (Å²) >= 11 is 0. The lowest BCUT2D eigenvalue weighted by atomic mass is 10.0. The molecule has 6 heteroatoms. The highest BCUT2D eigenvalue weighted by atomic mass is 19.1. The maximum atomic E-state index is 13.5. The molecule has 188 valence electrons. The van der Waals surface area contributed by atoms with Crippen molar-refractivity contribution >= 4 is 11.9 Å². The third-order valence-electron chi connectivity index (χ3n) is 5.67. The van der Waals surface area contributed by atoms with Crippen LogP contribution in [0.3, 0.4) is 0 Å². The summed E-state index contributed by atoms with van der Waals surface area (Å²) in [4.78, 5) is 23.4. The predicted molar refractivity (Wildman–Crippen MR) is 127 cm³/mol. The predicted octanol–water partition coefficient (Wildman–Crippen LogP) is 7.81. The Balaban J connectivity index is 1.89. The van der Waals surface area contributed by atoms with Crippen LogP contribution in [0.25, 0.3) is 0 Å². The van der Waals surface area contributed by atoms with Crippen LogP contribution in [0.1, 0.15) is 115 Å². The van der Waals surface area contributed by atoms with Crippen molar-refractivity contribution in [1.29, 1.82) is 0 Å². The maximum absolute atomic E-state index is 13.5. The normalized spacial score (nSPS) is 10.9. The van der Waals surface area contributed by atoms with Gasteiger partial charge in [0.05, 0.1) is 6.61 Å². The highest BCUT2D eigenvalue weighted by Crippen LogP contribution is 2.13. The van der Waals surface area contributed by atoms with Crippen molar-refractivity contribution in [2.75, 3.05) is 6.61 Å². The van der Waals surface area contributed by atoms with Gasteiger partial charge in [-0.25, -0.2) is 8.78 Å². The average molecular weight is 469 g/mol. The van der Waals surface area contributed by atoms with Crippen LogP contribution in [-0.4, -0.2) is 18.5 Å². The van der Waals surface area contributed by atoms with E-state index >= 15 is 0 Å². The standard InChI is InChI=1S/C27H42F2O4/c1-2-3-4-5-6-7-8-9-10-11-12-13-14-20-32-26(30)16-15-17-27(31)33-22-23-21-24(28)18-19-25(23)29/h18-19,21H,2-17,20,22H2,1H3. The van der Waals surface area contributed by atoms with Crippen molar-refractivity contribution in [3.05, 3.63) is 35.4 Å². The topological polar surface area (TPSA) is 52.6 Å². The van der Waals surface area contributed by atoms with Gasteiger partial charge in [-0.05, 0) is 31.0 Å². The number of benzene rings is 1. The van der Waals surface area contributed by atoms with Gasteiger partial charge in [-0.1, -0.05) is 84.0 Å². The zero-order valence-electron chi connectivity index (χ0n) is 20.3. The van der Waals surface area contributed by atoms with Crippen molar-refractivity contribution in [1.82, 2.24) is 0 Å². The van der Waals surface area contributed by atoms with Gasteiger partial charge in [-0.3, -0.25) is 9.59 Å². The number of rotatable bonds is 20. The smallest absolute Gasteiger partial charge is 0.306 e. The number of halogens is 2. The Morgan fingerprint density at radius 1 is 0.697 bits per heavy atom. The minimum absolute atomic E-state index is 0.0134. The van der Waals surface area contributed by atoms with E-state index in [-0.39, 0.29) is 31.0 Å². The van der Waals surface area contributed by atoms with Crippen LogP contribution in [0.2, 0.25) is 0 Å². The van der Waals surface area contributed by atoms with Gasteiger partial charge in [-0.15, -0.1) is 0 Å². The van der Waals surface area contributed by atoms with Gasteiger partial charge in [0.25, 0.3) is 0 Å². The van der Waals surface area contributed by atoms with Crippen molar-refractivity contribution in [3.8, 4) is 0 Å². The summed E-state index contributed by atoms with van der Waals surface area (Å²) in [5.41, 5.74) is -0.0134. The Morgan fingerprint density at radius 3 is 1.79 bits per heavy atom. The summed E-state index contributed by atoms with van der Waals surface area (Å²) in [6.45, 7) is 2.34. The first-order valence-corrected chi connectivity index (χ1v) is 12.8. The molecule has 0 unspecified atom stereocenters. The fourth-order valence-electron chi connectivity index (χ4n) is 3.64. The summed E-state index contributed by atoms with van der Waals surface area (Å²) in [5, 5.41) is 0. The molecule has 0 bridgehead atoms. The molecule has 0 fully saturated rings. The zero-order valence-corrected chi connectivity index (χ0v) is 20.3. The molecule has 0 N–H and O–H groups in total. The van der Waals surface area contributed by atoms with Crippen molar-refractivity contribution in [2.24, 2.45) is 0 Å². The Kier molecular flexibility index (Phi) is 17.2. The minimum Gasteiger partial charge on any atom is -0.466 e. The zero-order chi connectivity index (χ0) is 24.2. The van der Waals surface area contributed by atoms with Crippen molar-refractivity contribution < 1.29 is 27.8 Å². The molecule has 1 aromatic rings. The first-order chi connectivity index (χ1) is 16.0. The summed E-state index contributed by atoms with van der Waals surface area (Å²) in [6.07, 6.45) is 17.0. The lowest BCUT2D eigenvalue weighted by molar-refractivity contribution is -0.146. The Labute approximate surface area is 198 Å². The molecule has 0 saturated carbocycles. The number of carbonyl (C=O) groups is 2. The third kappa shape index (κ3) is 16.3. The monoisotopic (exact) mass is 468 g/mol. The second-order valence-electron chi connectivity index (χ2n) is 8.71. The van der Waals surface area contributed by atoms with E-state index in [1.165, 1.54) is 70.6 Å². The van der Waals surface area contributed by atoms with E-state index in [1.54, 1.807) is 0 Å². The lowest BCUT2D eigenvalue weighted by Gasteiger charge is -2.07. The fourth-order valence-corrected chi connectivity index (χ4v) is 3.64. The highest BCUT2D eigenvalue weighted by Gasteiger charge is 2.10. The molecular weight excluding hydrogens is 426 g/mol. The Bertz CT molecular complexity index is 664. The number of esters is 2. The molecule has 0 saturated heterocycles. The van der Waals surface area contributed by atoms with E-state index in [9.17, 15) is 18.4 Å². The van der Waals surface area contributed by atoms with Crippen LogP contribution in [0.5, 0.6) is 0 Å². The van der Waals surface area contributed by atoms with E-state index in [4.69, 9.17) is 9.47 Å². The van der Waals surface area contributed by atoms with Gasteiger partial charge >= 0.3 is 11.9 Å². The van der Waals surface area contributed by atoms with Gasteiger partial charge in [0.2, 0.25) is 0 Å². The van der Waals surface area contributed by atoms with Crippen LogP contribution in [0, 0.1) is 11.6 Å². The molecule has 1 aromatic carbocycles. The van der Waals surface area contributed by atoms with E-state index in [2.05, 4.69) is 6.92 Å². The van der Waals surface area contributed by atoms with Crippen molar-refractivity contribution in [2.45, 2.75) is 116 Å². The molecule has 0 atom stereocenters. The average Bonchev–Trinajstić information content (AvgIpc) is 2.80. The Hall–Kier alpha value is -1.98. The van der Waals surface area contributed by atoms with Crippen LogP contribution in [0.15, 0.2) is 18.2 Å². The number of unbranched alkanes of at least 4 members (excludes halogenated alkanes) is 12. The van der Waals surface area contributed by atoms with Crippen molar-refractivity contribution in [3.63, 3.8) is 0 Å². The third-order valence-corrected chi connectivity index (χ3v) is 5.67.